The molecule has 1 N–H and O–H groups in total. The minimum Gasteiger partial charge on any atom is -0.481 e. The third-order valence-electron chi connectivity index (χ3n) is 4.42. The topological polar surface area (TPSA) is 96.9 Å². The summed E-state index contributed by atoms with van der Waals surface area (Å²) in [5, 5.41) is 0. The lowest BCUT2D eigenvalue weighted by molar-refractivity contribution is 0.237. The second-order valence-corrected chi connectivity index (χ2v) is 6.10. The number of pyridine rings is 1. The van der Waals surface area contributed by atoms with E-state index in [0.717, 1.165) is 17.8 Å². The number of hydrogen-bond donors (Lipinski definition) is 1. The fourth-order valence-electron chi connectivity index (χ4n) is 3.14. The zero-order valence-corrected chi connectivity index (χ0v) is 14.3. The quantitative estimate of drug-likeness (QED) is 0.755. The molecule has 0 radical (unpaired) electrons. The van der Waals surface area contributed by atoms with E-state index in [1.165, 1.54) is 6.33 Å². The van der Waals surface area contributed by atoms with Gasteiger partial charge >= 0.3 is 0 Å². The van der Waals surface area contributed by atoms with Crippen molar-refractivity contribution in [1.29, 1.82) is 0 Å². The van der Waals surface area contributed by atoms with E-state index >= 15 is 0 Å². The Morgan fingerprint density at radius 1 is 1.31 bits per heavy atom. The summed E-state index contributed by atoms with van der Waals surface area (Å²) in [7, 11) is 1.61. The van der Waals surface area contributed by atoms with Crippen LogP contribution in [0.1, 0.15) is 16.8 Å². The number of methoxy groups -OCH3 is 1. The highest BCUT2D eigenvalue weighted by molar-refractivity contribution is 5.52. The molecule has 8 nitrogen and oxygen atoms in total. The van der Waals surface area contributed by atoms with Gasteiger partial charge in [0.15, 0.2) is 0 Å². The average molecular weight is 350 g/mol. The molecule has 0 saturated heterocycles. The van der Waals surface area contributed by atoms with Crippen LogP contribution in [0.25, 0.3) is 11.4 Å². The molecule has 0 fully saturated rings. The molecule has 3 aromatic heterocycles. The molecule has 0 unspecified atom stereocenters. The van der Waals surface area contributed by atoms with Crippen LogP contribution in [0.2, 0.25) is 0 Å². The number of hydrogen-bond acceptors (Lipinski definition) is 7. The van der Waals surface area contributed by atoms with Crippen molar-refractivity contribution in [1.82, 2.24) is 29.8 Å². The maximum absolute atomic E-state index is 12.6. The average Bonchev–Trinajstić information content (AvgIpc) is 2.69. The fourth-order valence-corrected chi connectivity index (χ4v) is 3.14. The van der Waals surface area contributed by atoms with Gasteiger partial charge in [0.25, 0.3) is 5.56 Å². The zero-order chi connectivity index (χ0) is 17.9. The van der Waals surface area contributed by atoms with Gasteiger partial charge in [-0.05, 0) is 6.07 Å². The minimum atomic E-state index is -0.114. The Morgan fingerprint density at radius 2 is 2.15 bits per heavy atom. The lowest BCUT2D eigenvalue weighted by Crippen LogP contribution is -2.35. The Morgan fingerprint density at radius 3 is 2.96 bits per heavy atom. The van der Waals surface area contributed by atoms with Crippen LogP contribution in [0.5, 0.6) is 5.88 Å². The second-order valence-electron chi connectivity index (χ2n) is 6.10. The van der Waals surface area contributed by atoms with Crippen molar-refractivity contribution in [3.63, 3.8) is 0 Å². The predicted octanol–water partition coefficient (Wildman–Crippen LogP) is 1.19. The highest BCUT2D eigenvalue weighted by Crippen LogP contribution is 2.21. The van der Waals surface area contributed by atoms with E-state index in [4.69, 9.17) is 4.74 Å². The van der Waals surface area contributed by atoms with Gasteiger partial charge in [-0.1, -0.05) is 6.07 Å². The Hall–Kier alpha value is -3.13. The molecule has 0 aromatic carbocycles. The number of nitrogens with one attached hydrogen (secondary N) is 1. The Balaban J connectivity index is 1.59. The van der Waals surface area contributed by atoms with Crippen molar-refractivity contribution in [3.8, 4) is 17.3 Å². The fraction of sp³-hybridized carbons (Fsp3) is 0.278. The summed E-state index contributed by atoms with van der Waals surface area (Å²) >= 11 is 0. The molecule has 0 aliphatic carbocycles. The molecule has 0 amide bonds. The number of ether oxygens (including phenoxy) is 1. The van der Waals surface area contributed by atoms with E-state index in [1.807, 2.05) is 12.1 Å². The van der Waals surface area contributed by atoms with Crippen LogP contribution in [0.4, 0.5) is 0 Å². The van der Waals surface area contributed by atoms with Crippen molar-refractivity contribution in [2.75, 3.05) is 13.7 Å². The van der Waals surface area contributed by atoms with E-state index in [1.54, 1.807) is 25.7 Å². The van der Waals surface area contributed by atoms with Gasteiger partial charge in [0.05, 0.1) is 23.9 Å². The third kappa shape index (κ3) is 3.18. The van der Waals surface area contributed by atoms with Crippen LogP contribution in [-0.2, 0) is 19.5 Å². The van der Waals surface area contributed by atoms with Crippen LogP contribution in [0, 0.1) is 0 Å². The standard InChI is InChI=1S/C18H18N6O2/c1-26-18-12(3-2-5-21-18)9-24-6-4-15-14(10-24)17(25)23-16(22-15)13-7-19-11-20-8-13/h2-3,5,7-8,11H,4,6,9-10H2,1H3,(H,22,23,25). The molecule has 0 spiro atoms. The van der Waals surface area contributed by atoms with E-state index in [2.05, 4.69) is 29.8 Å². The largest absolute Gasteiger partial charge is 0.481 e. The maximum atomic E-state index is 12.6. The summed E-state index contributed by atoms with van der Waals surface area (Å²) in [5.41, 5.74) is 3.13. The first-order valence-corrected chi connectivity index (χ1v) is 8.32. The molecular formula is C18H18N6O2. The van der Waals surface area contributed by atoms with Gasteiger partial charge in [-0.3, -0.25) is 9.69 Å². The monoisotopic (exact) mass is 350 g/mol. The summed E-state index contributed by atoms with van der Waals surface area (Å²) in [5.74, 6) is 1.13. The minimum absolute atomic E-state index is 0.114. The number of aromatic nitrogens is 5. The van der Waals surface area contributed by atoms with Crippen molar-refractivity contribution in [2.45, 2.75) is 19.5 Å². The molecule has 0 bridgehead atoms. The van der Waals surface area contributed by atoms with Crippen LogP contribution >= 0.6 is 0 Å². The van der Waals surface area contributed by atoms with Gasteiger partial charge in [0.2, 0.25) is 5.88 Å². The Labute approximate surface area is 149 Å². The lowest BCUT2D eigenvalue weighted by atomic mass is 10.1. The van der Waals surface area contributed by atoms with Crippen molar-refractivity contribution in [2.24, 2.45) is 0 Å². The van der Waals surface area contributed by atoms with Crippen LogP contribution in [0.3, 0.4) is 0 Å². The highest BCUT2D eigenvalue weighted by Gasteiger charge is 2.22. The van der Waals surface area contributed by atoms with Gasteiger partial charge in [-0.25, -0.2) is 19.9 Å². The number of aromatic amines is 1. The third-order valence-corrected chi connectivity index (χ3v) is 4.42. The van der Waals surface area contributed by atoms with E-state index < -0.39 is 0 Å². The molecule has 4 heterocycles. The molecule has 26 heavy (non-hydrogen) atoms. The molecule has 1 aliphatic rings. The molecule has 0 atom stereocenters. The van der Waals surface area contributed by atoms with E-state index in [9.17, 15) is 4.79 Å². The molecule has 8 heteroatoms. The van der Waals surface area contributed by atoms with Gasteiger partial charge in [0, 0.05) is 50.2 Å². The molecule has 1 aliphatic heterocycles. The van der Waals surface area contributed by atoms with E-state index in [-0.39, 0.29) is 5.56 Å². The number of fused-ring (bicyclic) bond motifs is 1. The molecule has 132 valence electrons. The normalized spacial score (nSPS) is 14.0. The van der Waals surface area contributed by atoms with Crippen LogP contribution < -0.4 is 10.3 Å². The Bertz CT molecular complexity index is 973. The van der Waals surface area contributed by atoms with E-state index in [0.29, 0.717) is 42.3 Å². The number of nitrogens with zero attached hydrogens (tertiary/aromatic N) is 5. The molecule has 0 saturated carbocycles. The smallest absolute Gasteiger partial charge is 0.255 e. The Kier molecular flexibility index (Phi) is 4.40. The summed E-state index contributed by atoms with van der Waals surface area (Å²) in [6.07, 6.45) is 7.15. The summed E-state index contributed by atoms with van der Waals surface area (Å²) in [6, 6.07) is 3.88. The molecular weight excluding hydrogens is 332 g/mol. The van der Waals surface area contributed by atoms with Crippen molar-refractivity contribution >= 4 is 0 Å². The highest BCUT2D eigenvalue weighted by atomic mass is 16.5. The zero-order valence-electron chi connectivity index (χ0n) is 14.3. The molecule has 3 aromatic rings. The summed E-state index contributed by atoms with van der Waals surface area (Å²) < 4.78 is 5.31. The van der Waals surface area contributed by atoms with Gasteiger partial charge in [-0.15, -0.1) is 0 Å². The summed E-state index contributed by atoms with van der Waals surface area (Å²) in [4.78, 5) is 34.4. The number of H-pyrrole nitrogens is 1. The SMILES string of the molecule is COc1ncccc1CN1CCc2nc(-c3cncnc3)[nH]c(=O)c2C1. The first-order valence-electron chi connectivity index (χ1n) is 8.32. The van der Waals surface area contributed by atoms with Crippen molar-refractivity contribution < 1.29 is 4.74 Å². The second kappa shape index (κ2) is 7.01. The van der Waals surface area contributed by atoms with Crippen LogP contribution in [-0.4, -0.2) is 43.5 Å². The maximum Gasteiger partial charge on any atom is 0.255 e. The molecule has 4 rings (SSSR count). The van der Waals surface area contributed by atoms with Crippen LogP contribution in [0.15, 0.2) is 41.8 Å². The van der Waals surface area contributed by atoms with Gasteiger partial charge in [-0.2, -0.15) is 0 Å². The van der Waals surface area contributed by atoms with Crippen molar-refractivity contribution in [3.05, 3.63) is 64.2 Å². The summed E-state index contributed by atoms with van der Waals surface area (Å²) in [6.45, 7) is 2.03. The first kappa shape index (κ1) is 16.3. The number of rotatable bonds is 4. The van der Waals surface area contributed by atoms with Gasteiger partial charge in [0.1, 0.15) is 12.2 Å². The first-order chi connectivity index (χ1) is 12.7. The predicted molar refractivity (Wildman–Crippen MR) is 94.5 cm³/mol. The van der Waals surface area contributed by atoms with Gasteiger partial charge < -0.3 is 9.72 Å². The lowest BCUT2D eigenvalue weighted by Gasteiger charge is -2.28.